The van der Waals surface area contributed by atoms with Crippen molar-refractivity contribution in [2.24, 2.45) is 0 Å². The number of halogens is 3. The lowest BCUT2D eigenvalue weighted by Crippen LogP contribution is -2.41. The van der Waals surface area contributed by atoms with E-state index in [9.17, 15) is 18.0 Å². The molecule has 2 rings (SSSR count). The average molecular weight is 271 g/mol. The molecule has 0 radical (unpaired) electrons. The predicted molar refractivity (Wildman–Crippen MR) is 65.7 cm³/mol. The van der Waals surface area contributed by atoms with E-state index in [1.54, 1.807) is 0 Å². The van der Waals surface area contributed by atoms with E-state index >= 15 is 0 Å². The van der Waals surface area contributed by atoms with Gasteiger partial charge in [0, 0.05) is 13.1 Å². The number of carbonyl (C=O) groups excluding carboxylic acids is 1. The van der Waals surface area contributed by atoms with E-state index in [2.05, 4.69) is 0 Å². The van der Waals surface area contributed by atoms with Crippen LogP contribution in [0, 0.1) is 0 Å². The highest BCUT2D eigenvalue weighted by Crippen LogP contribution is 2.29. The molecule has 0 spiro atoms. The number of hydrogen-bond donors (Lipinski definition) is 0. The summed E-state index contributed by atoms with van der Waals surface area (Å²) < 4.78 is 37.2. The molecule has 0 bridgehead atoms. The quantitative estimate of drug-likeness (QED) is 0.767. The van der Waals surface area contributed by atoms with Gasteiger partial charge in [-0.3, -0.25) is 4.79 Å². The summed E-state index contributed by atoms with van der Waals surface area (Å²) in [5.41, 5.74) is 1.14. The molecule has 1 unspecified atom stereocenters. The van der Waals surface area contributed by atoms with Gasteiger partial charge in [0.05, 0.1) is 0 Å². The van der Waals surface area contributed by atoms with E-state index in [0.29, 0.717) is 12.8 Å². The predicted octanol–water partition coefficient (Wildman–Crippen LogP) is 3.35. The van der Waals surface area contributed by atoms with E-state index < -0.39 is 12.1 Å². The fourth-order valence-electron chi connectivity index (χ4n) is 2.54. The van der Waals surface area contributed by atoms with Crippen LogP contribution in [0.25, 0.3) is 0 Å². The summed E-state index contributed by atoms with van der Waals surface area (Å²) in [6.07, 6.45) is -2.73. The first-order valence-corrected chi connectivity index (χ1v) is 6.39. The second kappa shape index (κ2) is 5.63. The third-order valence-electron chi connectivity index (χ3n) is 3.53. The SMILES string of the molecule is O=C(N1CCCC(c2ccccc2)CC1)C(F)(F)F. The second-order valence-corrected chi connectivity index (χ2v) is 4.83. The fraction of sp³-hybridized carbons (Fsp3) is 0.500. The summed E-state index contributed by atoms with van der Waals surface area (Å²) in [4.78, 5) is 12.1. The molecule has 1 saturated heterocycles. The van der Waals surface area contributed by atoms with Gasteiger partial charge in [-0.1, -0.05) is 30.3 Å². The first-order valence-electron chi connectivity index (χ1n) is 6.39. The van der Waals surface area contributed by atoms with Crippen LogP contribution in [-0.2, 0) is 4.79 Å². The fourth-order valence-corrected chi connectivity index (χ4v) is 2.54. The Morgan fingerprint density at radius 3 is 2.42 bits per heavy atom. The average Bonchev–Trinajstić information content (AvgIpc) is 2.63. The minimum atomic E-state index is -4.76. The maximum absolute atomic E-state index is 12.4. The Labute approximate surface area is 110 Å². The molecule has 1 aromatic rings. The summed E-state index contributed by atoms with van der Waals surface area (Å²) >= 11 is 0. The Morgan fingerprint density at radius 1 is 1.11 bits per heavy atom. The monoisotopic (exact) mass is 271 g/mol. The van der Waals surface area contributed by atoms with Crippen LogP contribution in [0.1, 0.15) is 30.7 Å². The van der Waals surface area contributed by atoms with Crippen LogP contribution in [0.5, 0.6) is 0 Å². The van der Waals surface area contributed by atoms with Crippen molar-refractivity contribution in [3.8, 4) is 0 Å². The van der Waals surface area contributed by atoms with Crippen LogP contribution in [0.4, 0.5) is 13.2 Å². The van der Waals surface area contributed by atoms with Crippen molar-refractivity contribution in [2.45, 2.75) is 31.4 Å². The zero-order valence-electron chi connectivity index (χ0n) is 10.5. The molecule has 0 aliphatic carbocycles. The number of hydrogen-bond acceptors (Lipinski definition) is 1. The summed E-state index contributed by atoms with van der Waals surface area (Å²) in [6.45, 7) is 0.375. The topological polar surface area (TPSA) is 20.3 Å². The van der Waals surface area contributed by atoms with E-state index in [0.717, 1.165) is 16.9 Å². The van der Waals surface area contributed by atoms with Gasteiger partial charge in [-0.15, -0.1) is 0 Å². The Kier molecular flexibility index (Phi) is 4.12. The van der Waals surface area contributed by atoms with Crippen molar-refractivity contribution in [1.82, 2.24) is 4.90 Å². The molecule has 1 atom stereocenters. The van der Waals surface area contributed by atoms with Crippen LogP contribution in [0.15, 0.2) is 30.3 Å². The lowest BCUT2D eigenvalue weighted by Gasteiger charge is -2.21. The Morgan fingerprint density at radius 2 is 1.79 bits per heavy atom. The number of amides is 1. The molecule has 0 aromatic heterocycles. The summed E-state index contributed by atoms with van der Waals surface area (Å²) in [7, 11) is 0. The van der Waals surface area contributed by atoms with Gasteiger partial charge in [0.1, 0.15) is 0 Å². The largest absolute Gasteiger partial charge is 0.471 e. The summed E-state index contributed by atoms with van der Waals surface area (Å²) in [5, 5.41) is 0. The van der Waals surface area contributed by atoms with Crippen molar-refractivity contribution in [1.29, 1.82) is 0 Å². The van der Waals surface area contributed by atoms with Crippen molar-refractivity contribution < 1.29 is 18.0 Å². The Bertz CT molecular complexity index is 430. The molecule has 104 valence electrons. The number of carbonyl (C=O) groups is 1. The zero-order chi connectivity index (χ0) is 13.9. The van der Waals surface area contributed by atoms with Crippen LogP contribution >= 0.6 is 0 Å². The minimum absolute atomic E-state index is 0.178. The number of benzene rings is 1. The zero-order valence-corrected chi connectivity index (χ0v) is 10.5. The van der Waals surface area contributed by atoms with Crippen molar-refractivity contribution in [2.75, 3.05) is 13.1 Å². The van der Waals surface area contributed by atoms with Gasteiger partial charge in [0.25, 0.3) is 0 Å². The van der Waals surface area contributed by atoms with Crippen LogP contribution in [0.3, 0.4) is 0 Å². The van der Waals surface area contributed by atoms with Gasteiger partial charge in [0.2, 0.25) is 0 Å². The lowest BCUT2D eigenvalue weighted by molar-refractivity contribution is -0.185. The minimum Gasteiger partial charge on any atom is -0.335 e. The highest BCUT2D eigenvalue weighted by molar-refractivity contribution is 5.81. The molecule has 1 fully saturated rings. The third kappa shape index (κ3) is 3.49. The Hall–Kier alpha value is -1.52. The smallest absolute Gasteiger partial charge is 0.335 e. The second-order valence-electron chi connectivity index (χ2n) is 4.83. The molecule has 2 nitrogen and oxygen atoms in total. The first kappa shape index (κ1) is 13.9. The van der Waals surface area contributed by atoms with Crippen molar-refractivity contribution in [3.63, 3.8) is 0 Å². The molecule has 1 aliphatic rings. The van der Waals surface area contributed by atoms with Gasteiger partial charge < -0.3 is 4.90 Å². The maximum Gasteiger partial charge on any atom is 0.471 e. The van der Waals surface area contributed by atoms with Crippen LogP contribution < -0.4 is 0 Å². The van der Waals surface area contributed by atoms with E-state index in [4.69, 9.17) is 0 Å². The van der Waals surface area contributed by atoms with Gasteiger partial charge in [-0.05, 0) is 30.7 Å². The first-order chi connectivity index (χ1) is 8.98. The highest BCUT2D eigenvalue weighted by Gasteiger charge is 2.42. The Balaban J connectivity index is 2.01. The van der Waals surface area contributed by atoms with Gasteiger partial charge in [0.15, 0.2) is 0 Å². The lowest BCUT2D eigenvalue weighted by atomic mass is 9.92. The number of likely N-dealkylation sites (tertiary alicyclic amines) is 1. The highest BCUT2D eigenvalue weighted by atomic mass is 19.4. The summed E-state index contributed by atoms with van der Waals surface area (Å²) in [6, 6.07) is 9.76. The number of rotatable bonds is 1. The van der Waals surface area contributed by atoms with Crippen molar-refractivity contribution >= 4 is 5.91 Å². The van der Waals surface area contributed by atoms with Crippen LogP contribution in [0.2, 0.25) is 0 Å². The van der Waals surface area contributed by atoms with Gasteiger partial charge >= 0.3 is 12.1 Å². The molecule has 5 heteroatoms. The molecule has 1 amide bonds. The summed E-state index contributed by atoms with van der Waals surface area (Å²) in [5.74, 6) is -1.46. The molecular weight excluding hydrogens is 255 g/mol. The molecule has 1 heterocycles. The molecule has 0 saturated carbocycles. The normalized spacial score (nSPS) is 21.0. The molecule has 1 aromatic carbocycles. The van der Waals surface area contributed by atoms with Crippen LogP contribution in [-0.4, -0.2) is 30.1 Å². The van der Waals surface area contributed by atoms with Gasteiger partial charge in [-0.25, -0.2) is 0 Å². The third-order valence-corrected chi connectivity index (χ3v) is 3.53. The molecular formula is C14H16F3NO. The maximum atomic E-state index is 12.4. The standard InChI is InChI=1S/C14H16F3NO/c15-14(16,17)13(19)18-9-4-7-12(8-10-18)11-5-2-1-3-6-11/h1-3,5-6,12H,4,7-10H2. The van der Waals surface area contributed by atoms with Gasteiger partial charge in [-0.2, -0.15) is 13.2 Å². The number of nitrogens with zero attached hydrogens (tertiary/aromatic N) is 1. The number of alkyl halides is 3. The molecule has 1 aliphatic heterocycles. The van der Waals surface area contributed by atoms with E-state index in [1.807, 2.05) is 30.3 Å². The van der Waals surface area contributed by atoms with Crippen molar-refractivity contribution in [3.05, 3.63) is 35.9 Å². The van der Waals surface area contributed by atoms with E-state index in [1.165, 1.54) is 0 Å². The molecule has 0 N–H and O–H groups in total. The van der Waals surface area contributed by atoms with E-state index in [-0.39, 0.29) is 19.0 Å². The molecule has 19 heavy (non-hydrogen) atoms.